The van der Waals surface area contributed by atoms with Crippen molar-refractivity contribution < 1.29 is 14.3 Å². The average Bonchev–Trinajstić information content (AvgIpc) is 2.61. The van der Waals surface area contributed by atoms with E-state index in [0.29, 0.717) is 21.9 Å². The average molecular weight is 371 g/mol. The molecule has 0 aromatic heterocycles. The van der Waals surface area contributed by atoms with Crippen molar-refractivity contribution in [2.75, 3.05) is 0 Å². The van der Waals surface area contributed by atoms with E-state index in [1.54, 1.807) is 31.2 Å². The number of hydrogen-bond acceptors (Lipinski definition) is 3. The number of carbonyl (C=O) groups is 2. The number of urea groups is 1. The molecule has 3 rings (SSSR count). The first kappa shape index (κ1) is 18.0. The molecule has 0 unspecified atom stereocenters. The molecule has 0 fully saturated rings. The summed E-state index contributed by atoms with van der Waals surface area (Å²) in [5, 5.41) is 5.84. The van der Waals surface area contributed by atoms with E-state index in [4.69, 9.17) is 16.3 Å². The Morgan fingerprint density at radius 1 is 1.12 bits per heavy atom. The Morgan fingerprint density at radius 3 is 2.50 bits per heavy atom. The van der Waals surface area contributed by atoms with Gasteiger partial charge in [0, 0.05) is 10.7 Å². The van der Waals surface area contributed by atoms with Gasteiger partial charge in [-0.15, -0.1) is 0 Å². The van der Waals surface area contributed by atoms with Crippen molar-refractivity contribution in [1.29, 1.82) is 0 Å². The third-order valence-electron chi connectivity index (χ3n) is 4.20. The minimum atomic E-state index is -0.664. The molecule has 0 aliphatic carbocycles. The lowest BCUT2D eigenvalue weighted by Crippen LogP contribution is -2.45. The number of allylic oxidation sites excluding steroid dienone is 1. The van der Waals surface area contributed by atoms with Gasteiger partial charge in [-0.1, -0.05) is 59.6 Å². The SMILES string of the molecule is CC1=C(C(=O)OCc2ccc(C)cc2)[C@@H](c2ccccc2Cl)NC(=O)N1. The van der Waals surface area contributed by atoms with Crippen LogP contribution in [-0.2, 0) is 16.1 Å². The number of carbonyl (C=O) groups excluding carboxylic acids is 2. The minimum Gasteiger partial charge on any atom is -0.457 e. The van der Waals surface area contributed by atoms with E-state index in [1.165, 1.54) is 0 Å². The molecule has 0 saturated carbocycles. The second kappa shape index (κ2) is 7.62. The zero-order chi connectivity index (χ0) is 18.7. The van der Waals surface area contributed by atoms with Crippen molar-refractivity contribution in [3.8, 4) is 0 Å². The summed E-state index contributed by atoms with van der Waals surface area (Å²) in [6.45, 7) is 3.82. The monoisotopic (exact) mass is 370 g/mol. The molecule has 1 heterocycles. The van der Waals surface area contributed by atoms with Gasteiger partial charge < -0.3 is 15.4 Å². The zero-order valence-electron chi connectivity index (χ0n) is 14.5. The minimum absolute atomic E-state index is 0.152. The fourth-order valence-corrected chi connectivity index (χ4v) is 3.06. The summed E-state index contributed by atoms with van der Waals surface area (Å²) in [6.07, 6.45) is 0. The summed E-state index contributed by atoms with van der Waals surface area (Å²) in [5.74, 6) is -0.500. The normalized spacial score (nSPS) is 16.7. The first-order valence-electron chi connectivity index (χ1n) is 8.21. The van der Waals surface area contributed by atoms with Gasteiger partial charge in [-0.2, -0.15) is 0 Å². The molecule has 5 nitrogen and oxygen atoms in total. The third-order valence-corrected chi connectivity index (χ3v) is 4.54. The Kier molecular flexibility index (Phi) is 5.28. The Bertz CT molecular complexity index is 875. The number of benzene rings is 2. The number of hydrogen-bond donors (Lipinski definition) is 2. The van der Waals surface area contributed by atoms with Crippen LogP contribution in [0.1, 0.15) is 29.7 Å². The van der Waals surface area contributed by atoms with Gasteiger partial charge >= 0.3 is 12.0 Å². The highest BCUT2D eigenvalue weighted by Gasteiger charge is 2.33. The quantitative estimate of drug-likeness (QED) is 0.799. The van der Waals surface area contributed by atoms with E-state index in [0.717, 1.165) is 11.1 Å². The Balaban J connectivity index is 1.85. The highest BCUT2D eigenvalue weighted by molar-refractivity contribution is 6.31. The predicted molar refractivity (Wildman–Crippen MR) is 99.5 cm³/mol. The smallest absolute Gasteiger partial charge is 0.338 e. The molecule has 1 atom stereocenters. The van der Waals surface area contributed by atoms with Crippen molar-refractivity contribution >= 4 is 23.6 Å². The first-order chi connectivity index (χ1) is 12.5. The maximum atomic E-state index is 12.7. The Morgan fingerprint density at radius 2 is 1.81 bits per heavy atom. The van der Waals surface area contributed by atoms with E-state index in [9.17, 15) is 9.59 Å². The van der Waals surface area contributed by atoms with Gasteiger partial charge in [-0.25, -0.2) is 9.59 Å². The standard InChI is InChI=1S/C20H19ClN2O3/c1-12-7-9-14(10-8-12)11-26-19(24)17-13(2)22-20(25)23-18(17)15-5-3-4-6-16(15)21/h3-10,18H,11H2,1-2H3,(H2,22,23,25)/t18-/m1/s1. The second-order valence-corrected chi connectivity index (χ2v) is 6.56. The van der Waals surface area contributed by atoms with Crippen LogP contribution in [0.3, 0.4) is 0 Å². The molecule has 0 radical (unpaired) electrons. The summed E-state index contributed by atoms with van der Waals surface area (Å²) in [6, 6.07) is 13.8. The molecule has 0 saturated heterocycles. The van der Waals surface area contributed by atoms with Gasteiger partial charge in [0.2, 0.25) is 0 Å². The summed E-state index contributed by atoms with van der Waals surface area (Å²) >= 11 is 6.26. The summed E-state index contributed by atoms with van der Waals surface area (Å²) < 4.78 is 5.47. The molecule has 0 spiro atoms. The first-order valence-corrected chi connectivity index (χ1v) is 8.59. The number of nitrogens with one attached hydrogen (secondary N) is 2. The highest BCUT2D eigenvalue weighted by atomic mass is 35.5. The Hall–Kier alpha value is -2.79. The molecule has 134 valence electrons. The van der Waals surface area contributed by atoms with Crippen LogP contribution in [0.4, 0.5) is 4.79 Å². The summed E-state index contributed by atoms with van der Waals surface area (Å²) in [5.41, 5.74) is 3.46. The highest BCUT2D eigenvalue weighted by Crippen LogP contribution is 2.32. The van der Waals surface area contributed by atoms with Crippen LogP contribution < -0.4 is 10.6 Å². The van der Waals surface area contributed by atoms with Crippen LogP contribution >= 0.6 is 11.6 Å². The third kappa shape index (κ3) is 3.89. The van der Waals surface area contributed by atoms with Crippen molar-refractivity contribution in [2.45, 2.75) is 26.5 Å². The fourth-order valence-electron chi connectivity index (χ4n) is 2.82. The van der Waals surface area contributed by atoms with Gasteiger partial charge in [0.25, 0.3) is 0 Å². The molecule has 1 aliphatic rings. The molecular weight excluding hydrogens is 352 g/mol. The maximum Gasteiger partial charge on any atom is 0.338 e. The molecule has 1 aliphatic heterocycles. The molecule has 26 heavy (non-hydrogen) atoms. The molecule has 6 heteroatoms. The number of halogens is 1. The molecule has 2 aromatic rings. The number of esters is 1. The lowest BCUT2D eigenvalue weighted by Gasteiger charge is -2.28. The molecular formula is C20H19ClN2O3. The van der Waals surface area contributed by atoms with Crippen LogP contribution in [0.25, 0.3) is 0 Å². The number of aryl methyl sites for hydroxylation is 1. The largest absolute Gasteiger partial charge is 0.457 e. The van der Waals surface area contributed by atoms with Crippen molar-refractivity contribution in [1.82, 2.24) is 10.6 Å². The maximum absolute atomic E-state index is 12.7. The fraction of sp³-hybridized carbons (Fsp3) is 0.200. The van der Waals surface area contributed by atoms with E-state index in [2.05, 4.69) is 10.6 Å². The van der Waals surface area contributed by atoms with Crippen LogP contribution in [0.15, 0.2) is 59.8 Å². The van der Waals surface area contributed by atoms with Gasteiger partial charge in [-0.3, -0.25) is 0 Å². The molecule has 2 aromatic carbocycles. The van der Waals surface area contributed by atoms with Crippen molar-refractivity contribution in [2.24, 2.45) is 0 Å². The molecule has 0 bridgehead atoms. The Labute approximate surface area is 157 Å². The van der Waals surface area contributed by atoms with E-state index in [-0.39, 0.29) is 12.6 Å². The van der Waals surface area contributed by atoms with Crippen LogP contribution in [0.5, 0.6) is 0 Å². The van der Waals surface area contributed by atoms with E-state index in [1.807, 2.05) is 31.2 Å². The summed E-state index contributed by atoms with van der Waals surface area (Å²) in [7, 11) is 0. The second-order valence-electron chi connectivity index (χ2n) is 6.15. The number of ether oxygens (including phenoxy) is 1. The lowest BCUT2D eigenvalue weighted by atomic mass is 9.95. The molecule has 2 amide bonds. The van der Waals surface area contributed by atoms with Crippen LogP contribution in [0, 0.1) is 6.92 Å². The van der Waals surface area contributed by atoms with E-state index < -0.39 is 12.0 Å². The number of amides is 2. The predicted octanol–water partition coefficient (Wildman–Crippen LogP) is 4.02. The lowest BCUT2D eigenvalue weighted by molar-refractivity contribution is -0.140. The van der Waals surface area contributed by atoms with Crippen molar-refractivity contribution in [3.63, 3.8) is 0 Å². The van der Waals surface area contributed by atoms with Gasteiger partial charge in [0.05, 0.1) is 11.6 Å². The van der Waals surface area contributed by atoms with Crippen LogP contribution in [-0.4, -0.2) is 12.0 Å². The van der Waals surface area contributed by atoms with Gasteiger partial charge in [-0.05, 0) is 31.0 Å². The number of rotatable bonds is 4. The topological polar surface area (TPSA) is 67.4 Å². The van der Waals surface area contributed by atoms with Crippen molar-refractivity contribution in [3.05, 3.63) is 81.5 Å². The van der Waals surface area contributed by atoms with Crippen LogP contribution in [0.2, 0.25) is 5.02 Å². The zero-order valence-corrected chi connectivity index (χ0v) is 15.3. The van der Waals surface area contributed by atoms with E-state index >= 15 is 0 Å². The van der Waals surface area contributed by atoms with Gasteiger partial charge in [0.1, 0.15) is 6.61 Å². The summed E-state index contributed by atoms with van der Waals surface area (Å²) in [4.78, 5) is 24.6. The molecule has 2 N–H and O–H groups in total. The van der Waals surface area contributed by atoms with Gasteiger partial charge in [0.15, 0.2) is 0 Å².